The second-order valence-corrected chi connectivity index (χ2v) is 8.11. The van der Waals surface area contributed by atoms with Crippen molar-refractivity contribution in [2.75, 3.05) is 32.7 Å². The summed E-state index contributed by atoms with van der Waals surface area (Å²) in [5.74, 6) is -0.403. The summed E-state index contributed by atoms with van der Waals surface area (Å²) in [5, 5.41) is 6.11. The van der Waals surface area contributed by atoms with Crippen LogP contribution in [0.15, 0.2) is 60.8 Å². The molecule has 6 nitrogen and oxygen atoms in total. The number of nitrogens with one attached hydrogen (secondary N) is 2. The van der Waals surface area contributed by atoms with Crippen LogP contribution in [0.25, 0.3) is 0 Å². The van der Waals surface area contributed by atoms with Gasteiger partial charge in [-0.3, -0.25) is 14.5 Å². The van der Waals surface area contributed by atoms with E-state index in [4.69, 9.17) is 5.73 Å². The number of unbranched alkanes of at least 4 members (excludes halogenated alkanes) is 1. The van der Waals surface area contributed by atoms with E-state index < -0.39 is 6.04 Å². The Kier molecular flexibility index (Phi) is 17.5. The summed E-state index contributed by atoms with van der Waals surface area (Å²) in [6, 6.07) is -0.429. The summed E-state index contributed by atoms with van der Waals surface area (Å²) < 4.78 is 0. The van der Waals surface area contributed by atoms with Crippen LogP contribution in [0.5, 0.6) is 0 Å². The molecule has 0 aromatic carbocycles. The number of amides is 2. The van der Waals surface area contributed by atoms with Gasteiger partial charge in [-0.25, -0.2) is 0 Å². The molecule has 1 aliphatic heterocycles. The summed E-state index contributed by atoms with van der Waals surface area (Å²) in [6.07, 6.45) is 28.9. The number of allylic oxidation sites excluding steroid dienone is 10. The molecule has 184 valence electrons. The fourth-order valence-corrected chi connectivity index (χ4v) is 3.45. The average molecular weight is 457 g/mol. The molecule has 2 amide bonds. The van der Waals surface area contributed by atoms with E-state index in [0.717, 1.165) is 71.1 Å². The number of carbonyl (C=O) groups excluding carboxylic acids is 2. The lowest BCUT2D eigenvalue weighted by Crippen LogP contribution is -2.56. The molecule has 1 aliphatic rings. The van der Waals surface area contributed by atoms with Gasteiger partial charge in [0.2, 0.25) is 11.8 Å². The fraction of sp³-hybridized carbons (Fsp3) is 0.556. The first-order valence-corrected chi connectivity index (χ1v) is 12.4. The zero-order valence-electron chi connectivity index (χ0n) is 20.4. The van der Waals surface area contributed by atoms with Crippen molar-refractivity contribution in [2.45, 2.75) is 64.3 Å². The van der Waals surface area contributed by atoms with Gasteiger partial charge >= 0.3 is 0 Å². The van der Waals surface area contributed by atoms with Gasteiger partial charge < -0.3 is 16.4 Å². The standard InChI is InChI=1S/C27H44N4O2/c1-2-3-4-5-6-7-8-9-10-11-12-13-14-15-16-17-18-19-26(32)30-24-25(27(28)33)31-22-20-29-21-23-31/h3-4,6-7,9-10,12-13,15-16,25,29H,2,5,8,11,14,17-24H2,1H3,(H2,28,33)(H,30,32)/b4-3-,7-6-,10-9-,13-12-,16-15-. The first-order chi connectivity index (χ1) is 16.1. The van der Waals surface area contributed by atoms with Gasteiger partial charge in [0.05, 0.1) is 0 Å². The Labute approximate surface area is 200 Å². The van der Waals surface area contributed by atoms with Gasteiger partial charge in [-0.05, 0) is 44.9 Å². The first-order valence-electron chi connectivity index (χ1n) is 12.4. The Morgan fingerprint density at radius 1 is 0.879 bits per heavy atom. The molecule has 1 unspecified atom stereocenters. The topological polar surface area (TPSA) is 87.5 Å². The minimum atomic E-state index is -0.429. The van der Waals surface area contributed by atoms with Crippen LogP contribution in [0.2, 0.25) is 0 Å². The highest BCUT2D eigenvalue weighted by molar-refractivity contribution is 5.82. The van der Waals surface area contributed by atoms with Gasteiger partial charge in [0.25, 0.3) is 0 Å². The Hall–Kier alpha value is -2.44. The minimum absolute atomic E-state index is 0.0243. The van der Waals surface area contributed by atoms with Gasteiger partial charge in [-0.15, -0.1) is 0 Å². The van der Waals surface area contributed by atoms with Crippen molar-refractivity contribution < 1.29 is 9.59 Å². The van der Waals surface area contributed by atoms with Gasteiger partial charge in [0.15, 0.2) is 0 Å². The zero-order valence-corrected chi connectivity index (χ0v) is 20.4. The van der Waals surface area contributed by atoms with Crippen molar-refractivity contribution in [1.29, 1.82) is 0 Å². The predicted octanol–water partition coefficient (Wildman–Crippen LogP) is 3.78. The predicted molar refractivity (Wildman–Crippen MR) is 139 cm³/mol. The van der Waals surface area contributed by atoms with E-state index >= 15 is 0 Å². The molecule has 0 aromatic heterocycles. The number of nitrogens with zero attached hydrogens (tertiary/aromatic N) is 1. The Balaban J connectivity index is 2.05. The van der Waals surface area contributed by atoms with Crippen LogP contribution in [-0.4, -0.2) is 55.5 Å². The molecule has 0 aromatic rings. The Bertz CT molecular complexity index is 674. The quantitative estimate of drug-likeness (QED) is 0.230. The van der Waals surface area contributed by atoms with Crippen LogP contribution in [0.3, 0.4) is 0 Å². The molecule has 33 heavy (non-hydrogen) atoms. The molecular weight excluding hydrogens is 412 g/mol. The molecule has 1 rings (SSSR count). The molecule has 4 N–H and O–H groups in total. The van der Waals surface area contributed by atoms with Crippen LogP contribution >= 0.6 is 0 Å². The molecule has 1 atom stereocenters. The lowest BCUT2D eigenvalue weighted by molar-refractivity contribution is -0.124. The minimum Gasteiger partial charge on any atom is -0.368 e. The van der Waals surface area contributed by atoms with Crippen molar-refractivity contribution in [2.24, 2.45) is 5.73 Å². The molecule has 1 fully saturated rings. The smallest absolute Gasteiger partial charge is 0.236 e. The largest absolute Gasteiger partial charge is 0.368 e. The number of primary amides is 1. The number of piperazine rings is 1. The lowest BCUT2D eigenvalue weighted by Gasteiger charge is -2.33. The van der Waals surface area contributed by atoms with E-state index in [-0.39, 0.29) is 18.4 Å². The molecule has 0 bridgehead atoms. The van der Waals surface area contributed by atoms with E-state index in [9.17, 15) is 9.59 Å². The highest BCUT2D eigenvalue weighted by Gasteiger charge is 2.25. The monoisotopic (exact) mass is 456 g/mol. The second kappa shape index (κ2) is 20.2. The molecule has 0 saturated carbocycles. The van der Waals surface area contributed by atoms with Gasteiger partial charge in [-0.2, -0.15) is 0 Å². The van der Waals surface area contributed by atoms with Crippen molar-refractivity contribution in [3.63, 3.8) is 0 Å². The van der Waals surface area contributed by atoms with E-state index in [0.29, 0.717) is 6.42 Å². The number of hydrogen-bond acceptors (Lipinski definition) is 4. The third kappa shape index (κ3) is 15.9. The molecule has 0 aliphatic carbocycles. The van der Waals surface area contributed by atoms with Gasteiger partial charge in [0, 0.05) is 39.1 Å². The highest BCUT2D eigenvalue weighted by Crippen LogP contribution is 2.02. The Morgan fingerprint density at radius 2 is 1.39 bits per heavy atom. The van der Waals surface area contributed by atoms with Gasteiger partial charge in [-0.1, -0.05) is 67.7 Å². The second-order valence-electron chi connectivity index (χ2n) is 8.11. The van der Waals surface area contributed by atoms with Crippen LogP contribution in [0, 0.1) is 0 Å². The summed E-state index contributed by atoms with van der Waals surface area (Å²) in [4.78, 5) is 25.8. The van der Waals surface area contributed by atoms with Crippen LogP contribution in [-0.2, 0) is 9.59 Å². The van der Waals surface area contributed by atoms with E-state index in [1.54, 1.807) is 0 Å². The van der Waals surface area contributed by atoms with Crippen LogP contribution in [0.4, 0.5) is 0 Å². The number of hydrogen-bond donors (Lipinski definition) is 3. The number of rotatable bonds is 17. The SMILES string of the molecule is CC/C=C\C/C=C\C/C=C\C/C=C\C/C=C\CCCC(=O)NCC(C(N)=O)N1CCNCC1. The van der Waals surface area contributed by atoms with Crippen LogP contribution in [0.1, 0.15) is 58.3 Å². The van der Waals surface area contributed by atoms with Crippen molar-refractivity contribution >= 4 is 11.8 Å². The van der Waals surface area contributed by atoms with Gasteiger partial charge in [0.1, 0.15) is 6.04 Å². The lowest BCUT2D eigenvalue weighted by atomic mass is 10.1. The van der Waals surface area contributed by atoms with E-state index in [2.05, 4.69) is 78.3 Å². The third-order valence-electron chi connectivity index (χ3n) is 5.35. The van der Waals surface area contributed by atoms with Crippen LogP contribution < -0.4 is 16.4 Å². The van der Waals surface area contributed by atoms with Crippen molar-refractivity contribution in [3.8, 4) is 0 Å². The fourth-order valence-electron chi connectivity index (χ4n) is 3.45. The molecule has 1 heterocycles. The van der Waals surface area contributed by atoms with E-state index in [1.807, 2.05) is 4.90 Å². The molecule has 6 heteroatoms. The Morgan fingerprint density at radius 3 is 1.91 bits per heavy atom. The van der Waals surface area contributed by atoms with E-state index in [1.165, 1.54) is 0 Å². The molecule has 1 saturated heterocycles. The van der Waals surface area contributed by atoms with Crippen molar-refractivity contribution in [1.82, 2.24) is 15.5 Å². The maximum atomic E-state index is 12.1. The maximum Gasteiger partial charge on any atom is 0.236 e. The molecule has 0 radical (unpaired) electrons. The highest BCUT2D eigenvalue weighted by atomic mass is 16.2. The summed E-state index contributed by atoms with van der Waals surface area (Å²) >= 11 is 0. The number of carbonyl (C=O) groups is 2. The third-order valence-corrected chi connectivity index (χ3v) is 5.35. The average Bonchev–Trinajstić information content (AvgIpc) is 2.81. The summed E-state index contributed by atoms with van der Waals surface area (Å²) in [5.41, 5.74) is 5.52. The molecular formula is C27H44N4O2. The maximum absolute atomic E-state index is 12.1. The zero-order chi connectivity index (χ0) is 24.0. The summed E-state index contributed by atoms with van der Waals surface area (Å²) in [7, 11) is 0. The molecule has 0 spiro atoms. The van der Waals surface area contributed by atoms with Crippen molar-refractivity contribution in [3.05, 3.63) is 60.8 Å². The number of nitrogens with two attached hydrogens (primary N) is 1. The normalized spacial score (nSPS) is 16.6. The first kappa shape index (κ1) is 28.6. The summed E-state index contributed by atoms with van der Waals surface area (Å²) in [6.45, 7) is 5.65.